The summed E-state index contributed by atoms with van der Waals surface area (Å²) in [7, 11) is 2.94. The van der Waals surface area contributed by atoms with E-state index in [4.69, 9.17) is 21.2 Å². The van der Waals surface area contributed by atoms with Gasteiger partial charge in [-0.3, -0.25) is 9.63 Å². The van der Waals surface area contributed by atoms with Crippen LogP contribution in [0.5, 0.6) is 0 Å². The summed E-state index contributed by atoms with van der Waals surface area (Å²) in [6.07, 6.45) is 3.04. The summed E-state index contributed by atoms with van der Waals surface area (Å²) in [5, 5.41) is 1.66. The van der Waals surface area contributed by atoms with Gasteiger partial charge in [-0.25, -0.2) is 9.86 Å². The molecule has 114 valence electrons. The normalized spacial score (nSPS) is 10.7. The van der Waals surface area contributed by atoms with Gasteiger partial charge < -0.3 is 4.74 Å². The number of hydrogen-bond acceptors (Lipinski definition) is 4. The molecule has 6 heteroatoms. The van der Waals surface area contributed by atoms with Crippen molar-refractivity contribution in [2.75, 3.05) is 20.8 Å². The topological polar surface area (TPSA) is 55.8 Å². The molecule has 0 aliphatic carbocycles. The lowest BCUT2D eigenvalue weighted by molar-refractivity contribution is -0.167. The maximum atomic E-state index is 11.9. The first-order valence-corrected chi connectivity index (χ1v) is 6.79. The highest BCUT2D eigenvalue weighted by Gasteiger charge is 2.12. The molecule has 0 saturated carbocycles. The Bertz CT molecular complexity index is 542. The third-order valence-electron chi connectivity index (χ3n) is 2.76. The van der Waals surface area contributed by atoms with Crippen LogP contribution in [0, 0.1) is 0 Å². The summed E-state index contributed by atoms with van der Waals surface area (Å²) < 4.78 is 4.82. The van der Waals surface area contributed by atoms with E-state index < -0.39 is 5.97 Å². The van der Waals surface area contributed by atoms with Crippen LogP contribution < -0.4 is 0 Å². The minimum Gasteiger partial charge on any atom is -0.463 e. The van der Waals surface area contributed by atoms with Gasteiger partial charge in [0.2, 0.25) is 5.91 Å². The second kappa shape index (κ2) is 8.44. The maximum absolute atomic E-state index is 11.9. The van der Waals surface area contributed by atoms with E-state index in [0.29, 0.717) is 17.2 Å². The van der Waals surface area contributed by atoms with E-state index in [1.54, 1.807) is 31.2 Å². The van der Waals surface area contributed by atoms with Gasteiger partial charge in [0.05, 0.1) is 20.1 Å². The van der Waals surface area contributed by atoms with E-state index >= 15 is 0 Å². The Hall–Kier alpha value is -1.85. The van der Waals surface area contributed by atoms with Crippen LogP contribution in [-0.4, -0.2) is 37.7 Å². The quantitative estimate of drug-likeness (QED) is 0.460. The average Bonchev–Trinajstić information content (AvgIpc) is 2.45. The predicted octanol–water partition coefficient (Wildman–Crippen LogP) is 2.48. The van der Waals surface area contributed by atoms with Crippen molar-refractivity contribution in [1.82, 2.24) is 5.06 Å². The molecule has 0 atom stereocenters. The number of nitrogens with zero attached hydrogens (tertiary/aromatic N) is 1. The molecule has 0 aliphatic heterocycles. The third kappa shape index (κ3) is 5.57. The molecule has 1 aromatic carbocycles. The number of likely N-dealkylation sites (N-methyl/N-ethyl adjacent to an activating group) is 1. The lowest BCUT2D eigenvalue weighted by Crippen LogP contribution is -2.27. The summed E-state index contributed by atoms with van der Waals surface area (Å²) in [5.41, 5.74) is 1.43. The molecule has 0 heterocycles. The molecular weight excluding hydrogens is 294 g/mol. The highest BCUT2D eigenvalue weighted by molar-refractivity contribution is 6.30. The van der Waals surface area contributed by atoms with Crippen molar-refractivity contribution in [3.8, 4) is 0 Å². The molecule has 0 radical (unpaired) electrons. The number of ether oxygens (including phenoxy) is 1. The molecule has 1 amide bonds. The van der Waals surface area contributed by atoms with Gasteiger partial charge in [-0.15, -0.1) is 0 Å². The van der Waals surface area contributed by atoms with Crippen LogP contribution in [0.15, 0.2) is 24.3 Å². The van der Waals surface area contributed by atoms with E-state index in [2.05, 4.69) is 0 Å². The zero-order valence-electron chi connectivity index (χ0n) is 12.3. The van der Waals surface area contributed by atoms with Crippen molar-refractivity contribution in [2.45, 2.75) is 13.3 Å². The number of hydroxylamine groups is 2. The summed E-state index contributed by atoms with van der Waals surface area (Å²) in [5.74, 6) is -0.649. The van der Waals surface area contributed by atoms with E-state index in [9.17, 15) is 9.59 Å². The lowest BCUT2D eigenvalue weighted by Gasteiger charge is -2.14. The highest BCUT2D eigenvalue weighted by atomic mass is 35.5. The molecule has 21 heavy (non-hydrogen) atoms. The van der Waals surface area contributed by atoms with Gasteiger partial charge >= 0.3 is 5.97 Å². The Labute approximate surface area is 129 Å². The average molecular weight is 312 g/mol. The second-order valence-corrected chi connectivity index (χ2v) is 4.62. The van der Waals surface area contributed by atoms with Crippen LogP contribution in [0.3, 0.4) is 0 Å². The van der Waals surface area contributed by atoms with Crippen molar-refractivity contribution >= 4 is 29.6 Å². The first kappa shape index (κ1) is 17.2. The smallest absolute Gasteiger partial charge is 0.330 e. The van der Waals surface area contributed by atoms with Crippen LogP contribution in [0.25, 0.3) is 6.08 Å². The summed E-state index contributed by atoms with van der Waals surface area (Å²) in [4.78, 5) is 28.1. The Kier molecular flexibility index (Phi) is 6.91. The molecule has 0 fully saturated rings. The van der Waals surface area contributed by atoms with Gasteiger partial charge in [-0.05, 0) is 36.3 Å². The minimum atomic E-state index is -0.432. The van der Waals surface area contributed by atoms with Gasteiger partial charge in [0.15, 0.2) is 0 Å². The number of hydrogen-bond donors (Lipinski definition) is 0. The first-order valence-electron chi connectivity index (χ1n) is 6.41. The molecule has 0 aromatic heterocycles. The monoisotopic (exact) mass is 311 g/mol. The van der Waals surface area contributed by atoms with Crippen LogP contribution in [0.4, 0.5) is 0 Å². The largest absolute Gasteiger partial charge is 0.463 e. The van der Waals surface area contributed by atoms with Crippen LogP contribution >= 0.6 is 11.6 Å². The van der Waals surface area contributed by atoms with Crippen LogP contribution in [-0.2, 0) is 25.6 Å². The fourth-order valence-corrected chi connectivity index (χ4v) is 1.81. The molecular formula is C15H18ClNO4. The minimum absolute atomic E-state index is 0.118. The van der Waals surface area contributed by atoms with Gasteiger partial charge in [0.1, 0.15) is 0 Å². The molecule has 5 nitrogen and oxygen atoms in total. The van der Waals surface area contributed by atoms with Gasteiger partial charge in [0.25, 0.3) is 0 Å². The fourth-order valence-electron chi connectivity index (χ4n) is 1.61. The number of halogens is 1. The number of esters is 1. The zero-order valence-corrected chi connectivity index (χ0v) is 13.0. The number of carbonyl (C=O) groups is 2. The molecule has 0 spiro atoms. The Morgan fingerprint density at radius 2 is 2.10 bits per heavy atom. The Morgan fingerprint density at radius 3 is 2.71 bits per heavy atom. The van der Waals surface area contributed by atoms with Crippen molar-refractivity contribution < 1.29 is 19.2 Å². The van der Waals surface area contributed by atoms with E-state index in [0.717, 1.165) is 10.6 Å². The number of amides is 1. The highest BCUT2D eigenvalue weighted by Crippen LogP contribution is 2.19. The van der Waals surface area contributed by atoms with Crippen LogP contribution in [0.2, 0.25) is 5.02 Å². The van der Waals surface area contributed by atoms with Crippen molar-refractivity contribution in [2.24, 2.45) is 0 Å². The van der Waals surface area contributed by atoms with Crippen molar-refractivity contribution in [1.29, 1.82) is 0 Å². The SMILES string of the molecule is CCOC(=O)/C=C/c1ccc(Cl)cc1CC(=O)N(C)OC. The Balaban J connectivity index is 2.94. The fraction of sp³-hybridized carbons (Fsp3) is 0.333. The summed E-state index contributed by atoms with van der Waals surface area (Å²) in [6, 6.07) is 5.13. The molecule has 1 rings (SSSR count). The number of carbonyl (C=O) groups excluding carboxylic acids is 2. The maximum Gasteiger partial charge on any atom is 0.330 e. The number of rotatable bonds is 6. The second-order valence-electron chi connectivity index (χ2n) is 4.18. The number of benzene rings is 1. The predicted molar refractivity (Wildman–Crippen MR) is 80.6 cm³/mol. The zero-order chi connectivity index (χ0) is 15.8. The lowest BCUT2D eigenvalue weighted by atomic mass is 10.0. The standard InChI is InChI=1S/C15H18ClNO4/c1-4-21-15(19)8-6-11-5-7-13(16)9-12(11)10-14(18)17(2)20-3/h5-9H,4,10H2,1-3H3/b8-6+. The first-order chi connectivity index (χ1) is 9.97. The summed E-state index contributed by atoms with van der Waals surface area (Å²) in [6.45, 7) is 2.05. The van der Waals surface area contributed by atoms with Crippen molar-refractivity contribution in [3.63, 3.8) is 0 Å². The van der Waals surface area contributed by atoms with Gasteiger partial charge in [-0.1, -0.05) is 17.7 Å². The molecule has 0 unspecified atom stereocenters. The molecule has 0 saturated heterocycles. The van der Waals surface area contributed by atoms with Gasteiger partial charge in [-0.2, -0.15) is 0 Å². The van der Waals surface area contributed by atoms with Crippen molar-refractivity contribution in [3.05, 3.63) is 40.4 Å². The molecule has 0 N–H and O–H groups in total. The van der Waals surface area contributed by atoms with E-state index in [-0.39, 0.29) is 12.3 Å². The Morgan fingerprint density at radius 1 is 1.38 bits per heavy atom. The van der Waals surface area contributed by atoms with Gasteiger partial charge in [0, 0.05) is 18.1 Å². The molecule has 0 aliphatic rings. The van der Waals surface area contributed by atoms with E-state index in [1.807, 2.05) is 0 Å². The molecule has 0 bridgehead atoms. The molecule has 1 aromatic rings. The third-order valence-corrected chi connectivity index (χ3v) is 2.99. The van der Waals surface area contributed by atoms with Crippen LogP contribution in [0.1, 0.15) is 18.1 Å². The van der Waals surface area contributed by atoms with E-state index in [1.165, 1.54) is 20.2 Å². The summed E-state index contributed by atoms with van der Waals surface area (Å²) >= 11 is 5.95.